The number of anilines is 1. The highest BCUT2D eigenvalue weighted by molar-refractivity contribution is 6.31. The molecule has 0 fully saturated rings. The molecule has 0 bridgehead atoms. The Balaban J connectivity index is 1.53. The molecule has 0 spiro atoms. The van der Waals surface area contributed by atoms with Crippen molar-refractivity contribution in [3.05, 3.63) is 81.4 Å². The SMILES string of the molecule is Cc1cc(N)nc(C)c1CNC(=O)c1nn(Cc2ccc3ncc(Cl)cc3c2)cc1C#N. The number of carbonyl (C=O) groups excluding carboxylic acids is 1. The zero-order chi connectivity index (χ0) is 22.8. The second-order valence-electron chi connectivity index (χ2n) is 7.49. The maximum Gasteiger partial charge on any atom is 0.273 e. The standard InChI is InChI=1S/C23H20ClN7O/c1-13-5-21(26)29-14(2)19(13)10-28-23(32)22-17(8-25)12-31(30-22)11-15-3-4-20-16(6-15)7-18(24)9-27-20/h3-7,9,12H,10-11H2,1-2H3,(H2,26,29)(H,28,32). The van der Waals surface area contributed by atoms with Crippen LogP contribution in [0.5, 0.6) is 0 Å². The van der Waals surface area contributed by atoms with E-state index in [9.17, 15) is 10.1 Å². The van der Waals surface area contributed by atoms with E-state index in [2.05, 4.69) is 20.4 Å². The molecule has 4 aromatic rings. The fraction of sp³-hybridized carbons (Fsp3) is 0.174. The summed E-state index contributed by atoms with van der Waals surface area (Å²) in [5.74, 6) is 0.0118. The van der Waals surface area contributed by atoms with E-state index in [-0.39, 0.29) is 17.8 Å². The lowest BCUT2D eigenvalue weighted by Gasteiger charge is -2.11. The number of nitrogens with one attached hydrogen (secondary N) is 1. The average Bonchev–Trinajstić information content (AvgIpc) is 3.15. The van der Waals surface area contributed by atoms with Crippen molar-refractivity contribution in [2.45, 2.75) is 26.9 Å². The van der Waals surface area contributed by atoms with Crippen LogP contribution in [-0.4, -0.2) is 25.7 Å². The van der Waals surface area contributed by atoms with Crippen LogP contribution in [0.1, 0.15) is 38.4 Å². The zero-order valence-electron chi connectivity index (χ0n) is 17.6. The van der Waals surface area contributed by atoms with Crippen LogP contribution in [0.2, 0.25) is 5.02 Å². The van der Waals surface area contributed by atoms with Gasteiger partial charge in [-0.1, -0.05) is 17.7 Å². The van der Waals surface area contributed by atoms with E-state index in [1.807, 2.05) is 44.2 Å². The fourth-order valence-electron chi connectivity index (χ4n) is 3.60. The van der Waals surface area contributed by atoms with Crippen molar-refractivity contribution in [2.75, 3.05) is 5.73 Å². The second-order valence-corrected chi connectivity index (χ2v) is 7.93. The van der Waals surface area contributed by atoms with Gasteiger partial charge in [0, 0.05) is 30.0 Å². The molecule has 3 N–H and O–H groups in total. The molecule has 0 aliphatic carbocycles. The van der Waals surface area contributed by atoms with Gasteiger partial charge in [-0.2, -0.15) is 10.4 Å². The molecule has 0 saturated heterocycles. The van der Waals surface area contributed by atoms with Gasteiger partial charge >= 0.3 is 0 Å². The Labute approximate surface area is 189 Å². The maximum absolute atomic E-state index is 12.8. The molecule has 0 radical (unpaired) electrons. The van der Waals surface area contributed by atoms with Gasteiger partial charge in [-0.25, -0.2) is 4.98 Å². The molecule has 1 aromatic carbocycles. The first-order valence-electron chi connectivity index (χ1n) is 9.86. The number of hydrogen-bond donors (Lipinski definition) is 2. The van der Waals surface area contributed by atoms with Gasteiger partial charge in [0.1, 0.15) is 17.5 Å². The zero-order valence-corrected chi connectivity index (χ0v) is 18.3. The second kappa shape index (κ2) is 8.65. The van der Waals surface area contributed by atoms with Crippen LogP contribution in [0.25, 0.3) is 10.9 Å². The van der Waals surface area contributed by atoms with Crippen LogP contribution in [-0.2, 0) is 13.1 Å². The van der Waals surface area contributed by atoms with Crippen LogP contribution in [0.3, 0.4) is 0 Å². The van der Waals surface area contributed by atoms with Gasteiger partial charge < -0.3 is 11.1 Å². The number of fused-ring (bicyclic) bond motifs is 1. The Morgan fingerprint density at radius 1 is 1.28 bits per heavy atom. The quantitative estimate of drug-likeness (QED) is 0.484. The Morgan fingerprint density at radius 3 is 2.84 bits per heavy atom. The summed E-state index contributed by atoms with van der Waals surface area (Å²) >= 11 is 6.04. The third kappa shape index (κ3) is 4.38. The highest BCUT2D eigenvalue weighted by atomic mass is 35.5. The summed E-state index contributed by atoms with van der Waals surface area (Å²) in [6, 6.07) is 11.4. The van der Waals surface area contributed by atoms with E-state index in [0.29, 0.717) is 17.4 Å². The summed E-state index contributed by atoms with van der Waals surface area (Å²) in [5, 5.41) is 18.1. The molecule has 0 unspecified atom stereocenters. The first-order valence-corrected chi connectivity index (χ1v) is 10.2. The summed E-state index contributed by atoms with van der Waals surface area (Å²) in [4.78, 5) is 21.3. The lowest BCUT2D eigenvalue weighted by molar-refractivity contribution is 0.0944. The van der Waals surface area contributed by atoms with Gasteiger partial charge in [-0.05, 0) is 54.8 Å². The van der Waals surface area contributed by atoms with Crippen LogP contribution in [0.4, 0.5) is 5.82 Å². The Hall–Kier alpha value is -3.96. The molecule has 160 valence electrons. The largest absolute Gasteiger partial charge is 0.384 e. The third-order valence-corrected chi connectivity index (χ3v) is 5.36. The van der Waals surface area contributed by atoms with E-state index in [1.54, 1.807) is 23.1 Å². The lowest BCUT2D eigenvalue weighted by Crippen LogP contribution is -2.25. The van der Waals surface area contributed by atoms with Gasteiger partial charge in [0.15, 0.2) is 5.69 Å². The van der Waals surface area contributed by atoms with Crippen LogP contribution in [0, 0.1) is 25.2 Å². The molecule has 32 heavy (non-hydrogen) atoms. The van der Waals surface area contributed by atoms with Gasteiger partial charge in [0.2, 0.25) is 0 Å². The predicted molar refractivity (Wildman–Crippen MR) is 122 cm³/mol. The number of nitrogens with two attached hydrogens (primary N) is 1. The summed E-state index contributed by atoms with van der Waals surface area (Å²) in [6.07, 6.45) is 3.17. The van der Waals surface area contributed by atoms with Gasteiger partial charge in [0.25, 0.3) is 5.91 Å². The molecule has 3 aromatic heterocycles. The third-order valence-electron chi connectivity index (χ3n) is 5.15. The lowest BCUT2D eigenvalue weighted by atomic mass is 10.1. The summed E-state index contributed by atoms with van der Waals surface area (Å²) in [7, 11) is 0. The van der Waals surface area contributed by atoms with Crippen molar-refractivity contribution in [3.8, 4) is 6.07 Å². The molecular formula is C23H20ClN7O. The normalized spacial score (nSPS) is 10.8. The van der Waals surface area contributed by atoms with Crippen LogP contribution < -0.4 is 11.1 Å². The monoisotopic (exact) mass is 445 g/mol. The van der Waals surface area contributed by atoms with E-state index >= 15 is 0 Å². The van der Waals surface area contributed by atoms with Crippen molar-refractivity contribution >= 4 is 34.2 Å². The molecule has 0 atom stereocenters. The smallest absolute Gasteiger partial charge is 0.273 e. The number of nitrogen functional groups attached to an aromatic ring is 1. The number of aryl methyl sites for hydroxylation is 2. The topological polar surface area (TPSA) is 123 Å². The molecular weight excluding hydrogens is 426 g/mol. The van der Waals surface area contributed by atoms with E-state index in [0.717, 1.165) is 33.3 Å². The Kier molecular flexibility index (Phi) is 5.75. The summed E-state index contributed by atoms with van der Waals surface area (Å²) in [6.45, 7) is 4.41. The summed E-state index contributed by atoms with van der Waals surface area (Å²) in [5.41, 5.74) is 10.4. The van der Waals surface area contributed by atoms with Gasteiger partial charge in [-0.3, -0.25) is 14.5 Å². The fourth-order valence-corrected chi connectivity index (χ4v) is 3.77. The number of amides is 1. The Morgan fingerprint density at radius 2 is 2.09 bits per heavy atom. The molecule has 0 aliphatic rings. The predicted octanol–water partition coefficient (Wildman–Crippen LogP) is 3.53. The number of benzene rings is 1. The number of pyridine rings is 2. The van der Waals surface area contributed by atoms with Crippen LogP contribution in [0.15, 0.2) is 42.7 Å². The van der Waals surface area contributed by atoms with Gasteiger partial charge in [-0.15, -0.1) is 0 Å². The van der Waals surface area contributed by atoms with Crippen molar-refractivity contribution in [3.63, 3.8) is 0 Å². The number of carbonyl (C=O) groups is 1. The highest BCUT2D eigenvalue weighted by Crippen LogP contribution is 2.19. The number of nitriles is 1. The minimum Gasteiger partial charge on any atom is -0.384 e. The average molecular weight is 446 g/mol. The number of hydrogen-bond acceptors (Lipinski definition) is 6. The van der Waals surface area contributed by atoms with Crippen molar-refractivity contribution < 1.29 is 4.79 Å². The molecule has 0 saturated carbocycles. The van der Waals surface area contributed by atoms with Crippen molar-refractivity contribution in [2.24, 2.45) is 0 Å². The van der Waals surface area contributed by atoms with Crippen molar-refractivity contribution in [1.29, 1.82) is 5.26 Å². The van der Waals surface area contributed by atoms with E-state index in [1.165, 1.54) is 0 Å². The number of aromatic nitrogens is 4. The van der Waals surface area contributed by atoms with E-state index < -0.39 is 5.91 Å². The molecule has 4 rings (SSSR count). The van der Waals surface area contributed by atoms with Gasteiger partial charge in [0.05, 0.1) is 17.1 Å². The number of rotatable bonds is 5. The van der Waals surface area contributed by atoms with Crippen LogP contribution >= 0.6 is 11.6 Å². The summed E-state index contributed by atoms with van der Waals surface area (Å²) < 4.78 is 1.58. The number of halogens is 1. The van der Waals surface area contributed by atoms with E-state index in [4.69, 9.17) is 17.3 Å². The van der Waals surface area contributed by atoms with Crippen molar-refractivity contribution in [1.82, 2.24) is 25.1 Å². The molecule has 9 heteroatoms. The Bertz CT molecular complexity index is 1360. The molecule has 8 nitrogen and oxygen atoms in total. The number of nitrogens with zero attached hydrogens (tertiary/aromatic N) is 5. The minimum absolute atomic E-state index is 0.0803. The first kappa shape index (κ1) is 21.3. The first-order chi connectivity index (χ1) is 15.3. The highest BCUT2D eigenvalue weighted by Gasteiger charge is 2.18. The molecule has 1 amide bonds. The minimum atomic E-state index is -0.426. The maximum atomic E-state index is 12.8. The molecule has 0 aliphatic heterocycles. The molecule has 3 heterocycles.